The summed E-state index contributed by atoms with van der Waals surface area (Å²) >= 11 is 0. The van der Waals surface area contributed by atoms with E-state index in [2.05, 4.69) is 30.9 Å². The Morgan fingerprint density at radius 1 is 1.45 bits per heavy atom. The van der Waals surface area contributed by atoms with E-state index < -0.39 is 0 Å². The van der Waals surface area contributed by atoms with Crippen molar-refractivity contribution in [2.45, 2.75) is 39.9 Å². The van der Waals surface area contributed by atoms with Gasteiger partial charge in [-0.2, -0.15) is 5.10 Å². The van der Waals surface area contributed by atoms with Crippen molar-refractivity contribution in [3.05, 3.63) is 41.1 Å². The minimum Gasteiger partial charge on any atom is -0.468 e. The van der Waals surface area contributed by atoms with E-state index in [0.29, 0.717) is 6.54 Å². The van der Waals surface area contributed by atoms with Gasteiger partial charge in [0.1, 0.15) is 5.76 Å². The van der Waals surface area contributed by atoms with Crippen LogP contribution in [0.1, 0.15) is 35.7 Å². The highest BCUT2D eigenvalue weighted by Gasteiger charge is 2.18. The van der Waals surface area contributed by atoms with Gasteiger partial charge in [0.15, 0.2) is 0 Å². The summed E-state index contributed by atoms with van der Waals surface area (Å²) in [6, 6.07) is 4.12. The maximum absolute atomic E-state index is 9.06. The Morgan fingerprint density at radius 2 is 2.20 bits per heavy atom. The Morgan fingerprint density at radius 3 is 2.80 bits per heavy atom. The molecule has 2 aromatic rings. The van der Waals surface area contributed by atoms with Gasteiger partial charge in [-0.05, 0) is 40.0 Å². The second kappa shape index (κ2) is 6.24. The van der Waals surface area contributed by atoms with E-state index in [1.165, 1.54) is 5.56 Å². The predicted octanol–water partition coefficient (Wildman–Crippen LogP) is 2.28. The molecule has 20 heavy (non-hydrogen) atoms. The Kier molecular flexibility index (Phi) is 4.62. The van der Waals surface area contributed by atoms with E-state index in [4.69, 9.17) is 9.52 Å². The Hall–Kier alpha value is -1.59. The molecule has 0 saturated carbocycles. The standard InChI is InChI=1S/C15H23N3O2/c1-11-14(12(2)18(16-11)7-8-19)10-17(4)13(3)15-6-5-9-20-15/h5-6,9,13,19H,7-8,10H2,1-4H3. The minimum absolute atomic E-state index is 0.111. The van der Waals surface area contributed by atoms with Gasteiger partial charge in [0.25, 0.3) is 0 Å². The molecule has 5 heteroatoms. The third kappa shape index (κ3) is 2.94. The maximum atomic E-state index is 9.06. The van der Waals surface area contributed by atoms with Crippen molar-refractivity contribution in [3.8, 4) is 0 Å². The number of aliphatic hydroxyl groups is 1. The fourth-order valence-corrected chi connectivity index (χ4v) is 2.41. The fraction of sp³-hybridized carbons (Fsp3) is 0.533. The molecule has 110 valence electrons. The molecule has 1 atom stereocenters. The Bertz CT molecular complexity index is 546. The van der Waals surface area contributed by atoms with Crippen LogP contribution in [0, 0.1) is 13.8 Å². The van der Waals surface area contributed by atoms with Crippen molar-refractivity contribution in [2.24, 2.45) is 0 Å². The summed E-state index contributed by atoms with van der Waals surface area (Å²) in [5, 5.41) is 13.5. The van der Waals surface area contributed by atoms with Crippen molar-refractivity contribution in [1.29, 1.82) is 0 Å². The van der Waals surface area contributed by atoms with Gasteiger partial charge < -0.3 is 9.52 Å². The quantitative estimate of drug-likeness (QED) is 0.880. The average molecular weight is 277 g/mol. The monoisotopic (exact) mass is 277 g/mol. The first-order valence-electron chi connectivity index (χ1n) is 6.92. The summed E-state index contributed by atoms with van der Waals surface area (Å²) in [5.41, 5.74) is 3.36. The molecule has 0 bridgehead atoms. The molecule has 0 aliphatic rings. The van der Waals surface area contributed by atoms with Gasteiger partial charge in [0, 0.05) is 17.8 Å². The smallest absolute Gasteiger partial charge is 0.120 e. The van der Waals surface area contributed by atoms with Gasteiger partial charge in [-0.1, -0.05) is 0 Å². The Labute approximate surface area is 119 Å². The number of aromatic nitrogens is 2. The lowest BCUT2D eigenvalue weighted by Crippen LogP contribution is -2.22. The summed E-state index contributed by atoms with van der Waals surface area (Å²) < 4.78 is 7.33. The lowest BCUT2D eigenvalue weighted by Gasteiger charge is -2.23. The van der Waals surface area contributed by atoms with Crippen LogP contribution in [-0.4, -0.2) is 33.4 Å². The normalized spacial score (nSPS) is 13.1. The highest BCUT2D eigenvalue weighted by Crippen LogP contribution is 2.23. The third-order valence-electron chi connectivity index (χ3n) is 3.87. The average Bonchev–Trinajstić information content (AvgIpc) is 3.03. The van der Waals surface area contributed by atoms with Crippen LogP contribution in [0.4, 0.5) is 0 Å². The van der Waals surface area contributed by atoms with E-state index in [1.54, 1.807) is 6.26 Å². The molecule has 0 fully saturated rings. The first-order chi connectivity index (χ1) is 9.54. The molecular weight excluding hydrogens is 254 g/mol. The molecule has 0 spiro atoms. The van der Waals surface area contributed by atoms with Crippen LogP contribution in [-0.2, 0) is 13.1 Å². The van der Waals surface area contributed by atoms with Crippen molar-refractivity contribution in [2.75, 3.05) is 13.7 Å². The summed E-state index contributed by atoms with van der Waals surface area (Å²) in [5.74, 6) is 0.963. The lowest BCUT2D eigenvalue weighted by molar-refractivity contribution is 0.222. The number of rotatable bonds is 6. The van der Waals surface area contributed by atoms with Crippen LogP contribution >= 0.6 is 0 Å². The van der Waals surface area contributed by atoms with Crippen LogP contribution in [0.25, 0.3) is 0 Å². The molecule has 5 nitrogen and oxygen atoms in total. The van der Waals surface area contributed by atoms with E-state index in [0.717, 1.165) is 23.7 Å². The maximum Gasteiger partial charge on any atom is 0.120 e. The van der Waals surface area contributed by atoms with Crippen molar-refractivity contribution < 1.29 is 9.52 Å². The number of hydrogen-bond donors (Lipinski definition) is 1. The molecule has 0 aliphatic heterocycles. The highest BCUT2D eigenvalue weighted by molar-refractivity contribution is 5.24. The number of aliphatic hydroxyl groups excluding tert-OH is 1. The van der Waals surface area contributed by atoms with Crippen LogP contribution in [0.15, 0.2) is 22.8 Å². The first kappa shape index (κ1) is 14.8. The van der Waals surface area contributed by atoms with Crippen LogP contribution in [0.3, 0.4) is 0 Å². The molecule has 0 aliphatic carbocycles. The molecule has 1 N–H and O–H groups in total. The van der Waals surface area contributed by atoms with E-state index in [1.807, 2.05) is 23.7 Å². The molecule has 0 amide bonds. The first-order valence-corrected chi connectivity index (χ1v) is 6.92. The number of hydrogen-bond acceptors (Lipinski definition) is 4. The van der Waals surface area contributed by atoms with E-state index in [-0.39, 0.29) is 12.6 Å². The van der Waals surface area contributed by atoms with Gasteiger partial charge in [-0.3, -0.25) is 9.58 Å². The number of furan rings is 1. The number of aryl methyl sites for hydroxylation is 1. The molecule has 2 rings (SSSR count). The summed E-state index contributed by atoms with van der Waals surface area (Å²) in [7, 11) is 2.08. The molecule has 2 heterocycles. The van der Waals surface area contributed by atoms with Crippen LogP contribution < -0.4 is 0 Å². The fourth-order valence-electron chi connectivity index (χ4n) is 2.41. The van der Waals surface area contributed by atoms with Crippen LogP contribution in [0.2, 0.25) is 0 Å². The predicted molar refractivity (Wildman–Crippen MR) is 77.4 cm³/mol. The minimum atomic E-state index is 0.111. The zero-order valence-corrected chi connectivity index (χ0v) is 12.6. The van der Waals surface area contributed by atoms with E-state index in [9.17, 15) is 0 Å². The topological polar surface area (TPSA) is 54.4 Å². The Balaban J connectivity index is 2.13. The zero-order valence-electron chi connectivity index (χ0n) is 12.6. The highest BCUT2D eigenvalue weighted by atomic mass is 16.3. The zero-order chi connectivity index (χ0) is 14.7. The molecule has 0 radical (unpaired) electrons. The third-order valence-corrected chi connectivity index (χ3v) is 3.87. The lowest BCUT2D eigenvalue weighted by atomic mass is 10.1. The van der Waals surface area contributed by atoms with Crippen molar-refractivity contribution in [1.82, 2.24) is 14.7 Å². The summed E-state index contributed by atoms with van der Waals surface area (Å²) in [6.07, 6.45) is 1.70. The second-order valence-electron chi connectivity index (χ2n) is 5.20. The van der Waals surface area contributed by atoms with Crippen LogP contribution in [0.5, 0.6) is 0 Å². The van der Waals surface area contributed by atoms with Crippen molar-refractivity contribution in [3.63, 3.8) is 0 Å². The second-order valence-corrected chi connectivity index (χ2v) is 5.20. The van der Waals surface area contributed by atoms with Gasteiger partial charge in [-0.15, -0.1) is 0 Å². The largest absolute Gasteiger partial charge is 0.468 e. The summed E-state index contributed by atoms with van der Waals surface area (Å²) in [4.78, 5) is 2.24. The van der Waals surface area contributed by atoms with Gasteiger partial charge in [0.05, 0.1) is 31.2 Å². The molecular formula is C15H23N3O2. The SMILES string of the molecule is Cc1nn(CCO)c(C)c1CN(C)C(C)c1ccco1. The summed E-state index contributed by atoms with van der Waals surface area (Å²) in [6.45, 7) is 7.66. The van der Waals surface area contributed by atoms with Gasteiger partial charge in [-0.25, -0.2) is 0 Å². The van der Waals surface area contributed by atoms with Crippen molar-refractivity contribution >= 4 is 0 Å². The number of nitrogens with zero attached hydrogens (tertiary/aromatic N) is 3. The molecule has 0 aromatic carbocycles. The molecule has 2 aromatic heterocycles. The molecule has 0 saturated heterocycles. The van der Waals surface area contributed by atoms with Gasteiger partial charge >= 0.3 is 0 Å². The van der Waals surface area contributed by atoms with E-state index >= 15 is 0 Å². The molecule has 1 unspecified atom stereocenters. The van der Waals surface area contributed by atoms with Gasteiger partial charge in [0.2, 0.25) is 0 Å².